The number of nitrogens with zero attached hydrogens (tertiary/aromatic N) is 3. The van der Waals surface area contributed by atoms with Crippen molar-refractivity contribution in [3.63, 3.8) is 0 Å². The number of rotatable bonds is 6. The summed E-state index contributed by atoms with van der Waals surface area (Å²) in [4.78, 5) is 48.2. The van der Waals surface area contributed by atoms with Gasteiger partial charge in [0.05, 0.1) is 17.4 Å². The standard InChI is InChI=1S/C27H29N5O4/c33-25-9-8-24(26(34)30-25)32-14-18-12-20(5-6-21(18)27(32)35)36-15-19-3-1-2-10-31(19)13-17-4-7-22-23(11-17)29-16-28-22/h4-7,11-12,16,19,24H,1-3,8-10,13-15H2,(H,28,29)(H,30,33,34)/t19-,24?/m1/s1. The number of imide groups is 1. The number of hydrogen-bond acceptors (Lipinski definition) is 6. The first-order valence-corrected chi connectivity index (χ1v) is 12.6. The lowest BCUT2D eigenvalue weighted by atomic mass is 10.0. The molecule has 6 rings (SSSR count). The first-order chi connectivity index (χ1) is 17.5. The van der Waals surface area contributed by atoms with Crippen LogP contribution in [0, 0.1) is 0 Å². The van der Waals surface area contributed by atoms with Crippen LogP contribution >= 0.6 is 0 Å². The molecule has 3 aliphatic rings. The lowest BCUT2D eigenvalue weighted by Gasteiger charge is -2.35. The quantitative estimate of drug-likeness (QED) is 0.518. The molecule has 0 spiro atoms. The van der Waals surface area contributed by atoms with Gasteiger partial charge in [0.15, 0.2) is 0 Å². The number of imidazole rings is 1. The molecule has 2 fully saturated rings. The van der Waals surface area contributed by atoms with Crippen molar-refractivity contribution in [2.45, 2.75) is 57.3 Å². The molecular formula is C27H29N5O4. The van der Waals surface area contributed by atoms with E-state index in [1.165, 1.54) is 18.4 Å². The molecule has 36 heavy (non-hydrogen) atoms. The number of nitrogens with one attached hydrogen (secondary N) is 2. The Morgan fingerprint density at radius 3 is 2.86 bits per heavy atom. The van der Waals surface area contributed by atoms with E-state index in [2.05, 4.69) is 38.4 Å². The molecule has 1 unspecified atom stereocenters. The number of carbonyl (C=O) groups is 3. The van der Waals surface area contributed by atoms with Crippen LogP contribution in [0.1, 0.15) is 53.6 Å². The highest BCUT2D eigenvalue weighted by Crippen LogP contribution is 2.31. The molecule has 0 saturated carbocycles. The topological polar surface area (TPSA) is 108 Å². The summed E-state index contributed by atoms with van der Waals surface area (Å²) in [6.45, 7) is 2.83. The Kier molecular flexibility index (Phi) is 5.92. The average molecular weight is 488 g/mol. The first kappa shape index (κ1) is 22.7. The van der Waals surface area contributed by atoms with Gasteiger partial charge in [0.2, 0.25) is 11.8 Å². The maximum absolute atomic E-state index is 12.9. The third-order valence-electron chi connectivity index (χ3n) is 7.56. The van der Waals surface area contributed by atoms with Gasteiger partial charge in [-0.3, -0.25) is 24.6 Å². The summed E-state index contributed by atoms with van der Waals surface area (Å²) in [5.74, 6) is -0.113. The Balaban J connectivity index is 1.11. The van der Waals surface area contributed by atoms with Crippen LogP contribution in [0.15, 0.2) is 42.7 Å². The lowest BCUT2D eigenvalue weighted by molar-refractivity contribution is -0.136. The van der Waals surface area contributed by atoms with Gasteiger partial charge in [-0.1, -0.05) is 12.5 Å². The van der Waals surface area contributed by atoms with Gasteiger partial charge in [0.1, 0.15) is 18.4 Å². The SMILES string of the molecule is O=C1CCC(N2Cc3cc(OC[C@H]4CCCCN4Cc4ccc5nc[nH]c5c4)ccc3C2=O)C(=O)N1. The molecule has 4 heterocycles. The predicted molar refractivity (Wildman–Crippen MR) is 132 cm³/mol. The van der Waals surface area contributed by atoms with Crippen LogP contribution in [0.5, 0.6) is 5.75 Å². The number of fused-ring (bicyclic) bond motifs is 2. The number of amides is 3. The van der Waals surface area contributed by atoms with Crippen LogP contribution in [-0.4, -0.2) is 62.7 Å². The van der Waals surface area contributed by atoms with Crippen molar-refractivity contribution in [1.82, 2.24) is 25.1 Å². The molecule has 2 atom stereocenters. The second-order valence-electron chi connectivity index (χ2n) is 9.90. The number of aromatic amines is 1. The second kappa shape index (κ2) is 9.39. The van der Waals surface area contributed by atoms with Crippen molar-refractivity contribution in [2.24, 2.45) is 0 Å². The Morgan fingerprint density at radius 2 is 1.97 bits per heavy atom. The fourth-order valence-electron chi connectivity index (χ4n) is 5.61. The summed E-state index contributed by atoms with van der Waals surface area (Å²) in [5.41, 5.74) is 4.74. The van der Waals surface area contributed by atoms with Crippen LogP contribution in [0.25, 0.3) is 11.0 Å². The number of likely N-dealkylation sites (tertiary alicyclic amines) is 1. The zero-order valence-corrected chi connectivity index (χ0v) is 20.0. The molecule has 1 aromatic heterocycles. The highest BCUT2D eigenvalue weighted by atomic mass is 16.5. The zero-order valence-electron chi connectivity index (χ0n) is 20.0. The molecule has 3 aliphatic heterocycles. The molecular weight excluding hydrogens is 458 g/mol. The number of H-pyrrole nitrogens is 1. The van der Waals surface area contributed by atoms with Gasteiger partial charge in [0.25, 0.3) is 5.91 Å². The number of carbonyl (C=O) groups excluding carboxylic acids is 3. The molecule has 3 amide bonds. The maximum atomic E-state index is 12.9. The third kappa shape index (κ3) is 4.35. The fourth-order valence-corrected chi connectivity index (χ4v) is 5.61. The van der Waals surface area contributed by atoms with Gasteiger partial charge >= 0.3 is 0 Å². The molecule has 2 aromatic carbocycles. The number of ether oxygens (including phenoxy) is 1. The van der Waals surface area contributed by atoms with E-state index in [9.17, 15) is 14.4 Å². The van der Waals surface area contributed by atoms with Gasteiger partial charge in [-0.25, -0.2) is 4.98 Å². The van der Waals surface area contributed by atoms with E-state index in [4.69, 9.17) is 4.74 Å². The van der Waals surface area contributed by atoms with Crippen LogP contribution in [-0.2, 0) is 22.7 Å². The number of aromatic nitrogens is 2. The number of benzene rings is 2. The third-order valence-corrected chi connectivity index (χ3v) is 7.56. The van der Waals surface area contributed by atoms with Crippen molar-refractivity contribution >= 4 is 28.8 Å². The van der Waals surface area contributed by atoms with Gasteiger partial charge in [-0.15, -0.1) is 0 Å². The van der Waals surface area contributed by atoms with Crippen molar-refractivity contribution < 1.29 is 19.1 Å². The summed E-state index contributed by atoms with van der Waals surface area (Å²) in [6.07, 6.45) is 5.78. The van der Waals surface area contributed by atoms with Crippen LogP contribution < -0.4 is 10.1 Å². The molecule has 0 aliphatic carbocycles. The molecule has 2 saturated heterocycles. The minimum atomic E-state index is -0.608. The fraction of sp³-hybridized carbons (Fsp3) is 0.407. The van der Waals surface area contributed by atoms with Crippen LogP contribution in [0.4, 0.5) is 0 Å². The Bertz CT molecular complexity index is 1330. The monoisotopic (exact) mass is 487 g/mol. The van der Waals surface area contributed by atoms with Crippen molar-refractivity contribution in [3.8, 4) is 5.75 Å². The minimum Gasteiger partial charge on any atom is -0.492 e. The Hall–Kier alpha value is -3.72. The molecule has 9 nitrogen and oxygen atoms in total. The zero-order chi connectivity index (χ0) is 24.6. The van der Waals surface area contributed by atoms with E-state index in [0.29, 0.717) is 31.2 Å². The predicted octanol–water partition coefficient (Wildman–Crippen LogP) is 2.76. The van der Waals surface area contributed by atoms with Gasteiger partial charge in [-0.05, 0) is 67.3 Å². The largest absolute Gasteiger partial charge is 0.492 e. The average Bonchev–Trinajstić information content (AvgIpc) is 3.47. The van der Waals surface area contributed by atoms with E-state index < -0.39 is 11.9 Å². The van der Waals surface area contributed by atoms with Crippen molar-refractivity contribution in [1.29, 1.82) is 0 Å². The van der Waals surface area contributed by atoms with E-state index in [1.807, 2.05) is 12.1 Å². The minimum absolute atomic E-state index is 0.168. The van der Waals surface area contributed by atoms with E-state index in [-0.39, 0.29) is 18.2 Å². The van der Waals surface area contributed by atoms with E-state index in [1.54, 1.807) is 17.3 Å². The summed E-state index contributed by atoms with van der Waals surface area (Å²) < 4.78 is 6.24. The Labute approximate surface area is 208 Å². The van der Waals surface area contributed by atoms with Crippen molar-refractivity contribution in [2.75, 3.05) is 13.2 Å². The van der Waals surface area contributed by atoms with Gasteiger partial charge in [-0.2, -0.15) is 0 Å². The molecule has 9 heteroatoms. The molecule has 0 radical (unpaired) electrons. The summed E-state index contributed by atoms with van der Waals surface area (Å²) in [7, 11) is 0. The smallest absolute Gasteiger partial charge is 0.255 e. The first-order valence-electron chi connectivity index (χ1n) is 12.6. The lowest BCUT2D eigenvalue weighted by Crippen LogP contribution is -2.52. The van der Waals surface area contributed by atoms with Crippen molar-refractivity contribution in [3.05, 3.63) is 59.4 Å². The Morgan fingerprint density at radius 1 is 1.06 bits per heavy atom. The molecule has 2 N–H and O–H groups in total. The van der Waals surface area contributed by atoms with Crippen LogP contribution in [0.3, 0.4) is 0 Å². The number of piperidine rings is 2. The van der Waals surface area contributed by atoms with Gasteiger partial charge in [0, 0.05) is 31.1 Å². The number of hydrogen-bond donors (Lipinski definition) is 2. The summed E-state index contributed by atoms with van der Waals surface area (Å²) in [5, 5.41) is 2.34. The maximum Gasteiger partial charge on any atom is 0.255 e. The molecule has 0 bridgehead atoms. The van der Waals surface area contributed by atoms with E-state index >= 15 is 0 Å². The van der Waals surface area contributed by atoms with Crippen LogP contribution in [0.2, 0.25) is 0 Å². The van der Waals surface area contributed by atoms with Gasteiger partial charge < -0.3 is 14.6 Å². The normalized spacial score (nSPS) is 22.7. The summed E-state index contributed by atoms with van der Waals surface area (Å²) in [6, 6.07) is 11.6. The molecule has 186 valence electrons. The second-order valence-corrected chi connectivity index (χ2v) is 9.90. The highest BCUT2D eigenvalue weighted by Gasteiger charge is 2.39. The highest BCUT2D eigenvalue weighted by molar-refractivity contribution is 6.05. The van der Waals surface area contributed by atoms with E-state index in [0.717, 1.165) is 41.9 Å². The molecule has 3 aromatic rings. The summed E-state index contributed by atoms with van der Waals surface area (Å²) >= 11 is 0.